The van der Waals surface area contributed by atoms with E-state index in [1.165, 1.54) is 30.6 Å². The van der Waals surface area contributed by atoms with E-state index in [-0.39, 0.29) is 11.4 Å². The van der Waals surface area contributed by atoms with Crippen LogP contribution in [0.1, 0.15) is 55.8 Å². The van der Waals surface area contributed by atoms with E-state index in [0.717, 1.165) is 41.9 Å². The summed E-state index contributed by atoms with van der Waals surface area (Å²) in [5, 5.41) is 4.02. The van der Waals surface area contributed by atoms with Crippen molar-refractivity contribution in [1.29, 1.82) is 0 Å². The fourth-order valence-corrected chi connectivity index (χ4v) is 7.83. The number of carbonyl (C=O) groups excluding carboxylic acids is 2. The van der Waals surface area contributed by atoms with Gasteiger partial charge in [0.1, 0.15) is 0 Å². The quantitative estimate of drug-likeness (QED) is 0.426. The first-order chi connectivity index (χ1) is 16.4. The lowest BCUT2D eigenvalue weighted by atomic mass is 9.53. The molecule has 4 saturated carbocycles. The number of nitrogens with zero attached hydrogens (tertiary/aromatic N) is 1. The summed E-state index contributed by atoms with van der Waals surface area (Å²) in [4.78, 5) is 32.0. The van der Waals surface area contributed by atoms with E-state index in [1.54, 1.807) is 13.0 Å². The molecule has 34 heavy (non-hydrogen) atoms. The van der Waals surface area contributed by atoms with Crippen LogP contribution < -0.4 is 5.32 Å². The van der Waals surface area contributed by atoms with Crippen LogP contribution in [0, 0.1) is 17.8 Å². The van der Waals surface area contributed by atoms with Gasteiger partial charge in [0.05, 0.1) is 26.0 Å². The highest BCUT2D eigenvalue weighted by Gasteiger charge is 2.51. The summed E-state index contributed by atoms with van der Waals surface area (Å²) in [6.07, 6.45) is 6.26. The SMILES string of the molecule is C[C@H](OC(=O)c1cc(-c2ccc(Cl)s2)nc2ccccc12)C(=O)NC12CC3CC(CC(C3)C1)C2. The number of benzene rings is 1. The lowest BCUT2D eigenvalue weighted by Gasteiger charge is -2.57. The molecular formula is C27H27ClN2O3S. The molecule has 4 fully saturated rings. The number of amides is 1. The van der Waals surface area contributed by atoms with Crippen LogP contribution in [0.3, 0.4) is 0 Å². The Morgan fingerprint density at radius 3 is 2.41 bits per heavy atom. The van der Waals surface area contributed by atoms with E-state index in [4.69, 9.17) is 21.3 Å². The number of thiophene rings is 1. The Balaban J connectivity index is 1.22. The predicted octanol–water partition coefficient (Wildman–Crippen LogP) is 6.25. The topological polar surface area (TPSA) is 68.3 Å². The number of para-hydroxylation sites is 1. The zero-order chi connectivity index (χ0) is 23.4. The van der Waals surface area contributed by atoms with Crippen molar-refractivity contribution in [3.8, 4) is 10.6 Å². The molecule has 4 aliphatic carbocycles. The Hall–Kier alpha value is -2.44. The number of aromatic nitrogens is 1. The molecule has 7 heteroatoms. The lowest BCUT2D eigenvalue weighted by Crippen LogP contribution is -2.61. The van der Waals surface area contributed by atoms with Crippen LogP contribution in [-0.4, -0.2) is 28.5 Å². The monoisotopic (exact) mass is 494 g/mol. The van der Waals surface area contributed by atoms with Crippen molar-refractivity contribution in [3.63, 3.8) is 0 Å². The molecule has 0 aliphatic heterocycles. The minimum absolute atomic E-state index is 0.110. The average Bonchev–Trinajstić information content (AvgIpc) is 3.23. The van der Waals surface area contributed by atoms with Crippen molar-refractivity contribution in [2.45, 2.75) is 57.1 Å². The van der Waals surface area contributed by atoms with Crippen molar-refractivity contribution in [2.75, 3.05) is 0 Å². The second kappa shape index (κ2) is 8.35. The Morgan fingerprint density at radius 1 is 1.09 bits per heavy atom. The number of rotatable bonds is 5. The predicted molar refractivity (Wildman–Crippen MR) is 134 cm³/mol. The van der Waals surface area contributed by atoms with Crippen LogP contribution in [0.4, 0.5) is 0 Å². The van der Waals surface area contributed by atoms with Gasteiger partial charge in [-0.2, -0.15) is 0 Å². The summed E-state index contributed by atoms with van der Waals surface area (Å²) >= 11 is 7.52. The molecule has 176 valence electrons. The second-order valence-electron chi connectivity index (χ2n) is 10.4. The smallest absolute Gasteiger partial charge is 0.339 e. The number of esters is 1. The highest BCUT2D eigenvalue weighted by Crippen LogP contribution is 2.55. The molecule has 1 amide bonds. The highest BCUT2D eigenvalue weighted by atomic mass is 35.5. The number of nitrogens with one attached hydrogen (secondary N) is 1. The number of halogens is 1. The lowest BCUT2D eigenvalue weighted by molar-refractivity contribution is -0.134. The fourth-order valence-electron chi connectivity index (χ4n) is 6.83. The molecular weight excluding hydrogens is 468 g/mol. The molecule has 7 rings (SSSR count). The van der Waals surface area contributed by atoms with E-state index < -0.39 is 12.1 Å². The first-order valence-corrected chi connectivity index (χ1v) is 13.3. The fraction of sp³-hybridized carbons (Fsp3) is 0.444. The molecule has 0 unspecified atom stereocenters. The van der Waals surface area contributed by atoms with E-state index >= 15 is 0 Å². The van der Waals surface area contributed by atoms with Gasteiger partial charge in [0.15, 0.2) is 6.10 Å². The number of pyridine rings is 1. The Morgan fingerprint density at radius 2 is 1.76 bits per heavy atom. The molecule has 2 aromatic heterocycles. The van der Waals surface area contributed by atoms with Crippen LogP contribution in [0.5, 0.6) is 0 Å². The zero-order valence-electron chi connectivity index (χ0n) is 19.1. The molecule has 4 bridgehead atoms. The third-order valence-electron chi connectivity index (χ3n) is 7.84. The Bertz CT molecular complexity index is 1250. The molecule has 5 nitrogen and oxygen atoms in total. The first-order valence-electron chi connectivity index (χ1n) is 12.1. The summed E-state index contributed by atoms with van der Waals surface area (Å²) in [6, 6.07) is 12.9. The van der Waals surface area contributed by atoms with Gasteiger partial charge in [0.2, 0.25) is 0 Å². The molecule has 3 aromatic rings. The molecule has 0 spiro atoms. The first kappa shape index (κ1) is 22.1. The van der Waals surface area contributed by atoms with Crippen LogP contribution in [0.2, 0.25) is 4.34 Å². The van der Waals surface area contributed by atoms with Gasteiger partial charge < -0.3 is 10.1 Å². The molecule has 1 atom stereocenters. The third kappa shape index (κ3) is 4.01. The number of fused-ring (bicyclic) bond motifs is 1. The zero-order valence-corrected chi connectivity index (χ0v) is 20.6. The summed E-state index contributed by atoms with van der Waals surface area (Å²) in [5.41, 5.74) is 1.65. The van der Waals surface area contributed by atoms with Crippen molar-refractivity contribution < 1.29 is 14.3 Å². The maximum Gasteiger partial charge on any atom is 0.339 e. The minimum atomic E-state index is -0.868. The van der Waals surface area contributed by atoms with E-state index in [2.05, 4.69) is 5.32 Å². The Labute approximate surface area is 207 Å². The van der Waals surface area contributed by atoms with Crippen LogP contribution >= 0.6 is 22.9 Å². The normalized spacial score (nSPS) is 28.1. The van der Waals surface area contributed by atoms with Gasteiger partial charge >= 0.3 is 5.97 Å². The summed E-state index contributed by atoms with van der Waals surface area (Å²) in [5.74, 6) is 1.49. The van der Waals surface area contributed by atoms with Crippen molar-refractivity contribution >= 4 is 45.7 Å². The van der Waals surface area contributed by atoms with Crippen LogP contribution in [-0.2, 0) is 9.53 Å². The van der Waals surface area contributed by atoms with E-state index in [1.807, 2.05) is 36.4 Å². The minimum Gasteiger partial charge on any atom is -0.449 e. The van der Waals surface area contributed by atoms with Gasteiger partial charge in [-0.1, -0.05) is 29.8 Å². The largest absolute Gasteiger partial charge is 0.449 e. The van der Waals surface area contributed by atoms with Gasteiger partial charge in [-0.3, -0.25) is 4.79 Å². The second-order valence-corrected chi connectivity index (χ2v) is 12.1. The number of carbonyl (C=O) groups is 2. The van der Waals surface area contributed by atoms with Gasteiger partial charge in [-0.15, -0.1) is 11.3 Å². The van der Waals surface area contributed by atoms with E-state index in [9.17, 15) is 9.59 Å². The number of hydrogen-bond acceptors (Lipinski definition) is 5. The third-order valence-corrected chi connectivity index (χ3v) is 9.10. The molecule has 1 N–H and O–H groups in total. The van der Waals surface area contributed by atoms with Crippen molar-refractivity contribution in [1.82, 2.24) is 10.3 Å². The van der Waals surface area contributed by atoms with Crippen molar-refractivity contribution in [2.24, 2.45) is 17.8 Å². The van der Waals surface area contributed by atoms with Crippen LogP contribution in [0.15, 0.2) is 42.5 Å². The average molecular weight is 495 g/mol. The number of hydrogen-bond donors (Lipinski definition) is 1. The number of ether oxygens (including phenoxy) is 1. The van der Waals surface area contributed by atoms with Gasteiger partial charge in [-0.25, -0.2) is 9.78 Å². The van der Waals surface area contributed by atoms with Gasteiger partial charge in [-0.05, 0) is 87.5 Å². The van der Waals surface area contributed by atoms with Gasteiger partial charge in [0.25, 0.3) is 5.91 Å². The summed E-state index contributed by atoms with van der Waals surface area (Å²) in [6.45, 7) is 1.66. The molecule has 4 aliphatic rings. The maximum absolute atomic E-state index is 13.3. The molecule has 2 heterocycles. The standard InChI is InChI=1S/C27H27ClN2O3S/c1-15(25(31)30-27-12-16-8-17(13-27)10-18(9-16)14-27)33-26(32)20-11-22(23-6-7-24(28)34-23)29-21-5-3-2-4-19(20)21/h2-7,11,15-18H,8-10,12-14H2,1H3,(H,30,31)/t15-,16?,17?,18?,27?/m0/s1. The van der Waals surface area contributed by atoms with E-state index in [0.29, 0.717) is 26.5 Å². The van der Waals surface area contributed by atoms with Crippen molar-refractivity contribution in [3.05, 3.63) is 52.4 Å². The maximum atomic E-state index is 13.3. The molecule has 0 radical (unpaired) electrons. The summed E-state index contributed by atoms with van der Waals surface area (Å²) < 4.78 is 6.37. The Kier molecular flexibility index (Phi) is 5.41. The summed E-state index contributed by atoms with van der Waals surface area (Å²) in [7, 11) is 0. The highest BCUT2D eigenvalue weighted by molar-refractivity contribution is 7.19. The van der Waals surface area contributed by atoms with Gasteiger partial charge in [0, 0.05) is 10.9 Å². The molecule has 0 saturated heterocycles. The van der Waals surface area contributed by atoms with Crippen LogP contribution in [0.25, 0.3) is 21.5 Å². The molecule has 1 aromatic carbocycles.